The highest BCUT2D eigenvalue weighted by atomic mass is 35.5. The molecule has 4 heterocycles. The third kappa shape index (κ3) is 4.30. The van der Waals surface area contributed by atoms with Crippen molar-refractivity contribution in [3.8, 4) is 23.0 Å². The first-order chi connectivity index (χ1) is 24.9. The van der Waals surface area contributed by atoms with Crippen LogP contribution in [0, 0.1) is 23.7 Å². The van der Waals surface area contributed by atoms with E-state index < -0.39 is 22.0 Å². The summed E-state index contributed by atoms with van der Waals surface area (Å²) in [6.45, 7) is 17.4. The molecule has 4 bridgehead atoms. The molecule has 292 valence electrons. The van der Waals surface area contributed by atoms with Gasteiger partial charge in [0.05, 0.1) is 22.0 Å². The number of benzene rings is 2. The number of phenolic OH excluding ortho intramolecular Hbond substituents is 2. The van der Waals surface area contributed by atoms with E-state index in [1.165, 1.54) is 36.8 Å². The molecule has 6 fully saturated rings. The summed E-state index contributed by atoms with van der Waals surface area (Å²) in [6, 6.07) is 7.92. The van der Waals surface area contributed by atoms with E-state index in [9.17, 15) is 20.4 Å². The van der Waals surface area contributed by atoms with E-state index in [1.54, 1.807) is 12.1 Å². The van der Waals surface area contributed by atoms with Gasteiger partial charge < -0.3 is 29.9 Å². The predicted octanol–water partition coefficient (Wildman–Crippen LogP) is 6.57. The van der Waals surface area contributed by atoms with Crippen molar-refractivity contribution >= 4 is 12.4 Å². The van der Waals surface area contributed by atoms with Crippen LogP contribution in [0.3, 0.4) is 0 Å². The Labute approximate surface area is 326 Å². The van der Waals surface area contributed by atoms with Gasteiger partial charge in [-0.15, -0.1) is 12.4 Å². The number of phenols is 2. The number of halogens is 1. The molecule has 0 amide bonds. The first-order valence-electron chi connectivity index (χ1n) is 20.3. The lowest BCUT2D eigenvalue weighted by Crippen LogP contribution is -2.78. The molecule has 9 heteroatoms. The molecule has 10 atom stereocenters. The molecule has 4 aliphatic heterocycles. The van der Waals surface area contributed by atoms with Gasteiger partial charge in [-0.25, -0.2) is 0 Å². The molecule has 2 spiro atoms. The number of hydrogen-bond donors (Lipinski definition) is 4. The summed E-state index contributed by atoms with van der Waals surface area (Å²) in [6.07, 6.45) is 9.68. The van der Waals surface area contributed by atoms with Gasteiger partial charge in [0.2, 0.25) is 0 Å². The molecule has 2 aromatic rings. The molecule has 10 aliphatic rings. The standard InChI is InChI=1S/2C22H27NO3.CH4.ClH/c2*1-12-7-8-21(25)17-9-15-5-6-16(24)19-18(15)22(21,20(12)26-19)13(2)10-23(17)11-14-3-4-14;;/h2*5-6,13-14,17,20,24-25H,1,3-4,7-11H2,2H3;1H4;1H/t2*13?,17-,20+,21-,22+;;/m11../s1. The number of likely N-dealkylation sites (tertiary alicyclic amines) is 2. The van der Waals surface area contributed by atoms with Crippen LogP contribution in [0.15, 0.2) is 48.6 Å². The fraction of sp³-hybridized carbons (Fsp3) is 0.644. The monoisotopic (exact) mass is 758 g/mol. The molecular weight excluding hydrogens is 700 g/mol. The highest BCUT2D eigenvalue weighted by Crippen LogP contribution is 2.69. The summed E-state index contributed by atoms with van der Waals surface area (Å²) in [5.74, 6) is 3.75. The number of aromatic hydroxyl groups is 2. The van der Waals surface area contributed by atoms with Crippen molar-refractivity contribution in [2.75, 3.05) is 26.2 Å². The van der Waals surface area contributed by atoms with Gasteiger partial charge in [-0.1, -0.05) is 46.6 Å². The first kappa shape index (κ1) is 36.9. The summed E-state index contributed by atoms with van der Waals surface area (Å²) < 4.78 is 12.7. The van der Waals surface area contributed by atoms with Crippen molar-refractivity contribution in [1.82, 2.24) is 9.80 Å². The van der Waals surface area contributed by atoms with Crippen molar-refractivity contribution in [2.24, 2.45) is 23.7 Å². The van der Waals surface area contributed by atoms with Crippen LogP contribution in [0.1, 0.15) is 94.9 Å². The molecule has 8 nitrogen and oxygen atoms in total. The molecule has 4 N–H and O–H groups in total. The highest BCUT2D eigenvalue weighted by Gasteiger charge is 2.76. The minimum absolute atomic E-state index is 0. The van der Waals surface area contributed by atoms with Gasteiger partial charge in [0.25, 0.3) is 0 Å². The second kappa shape index (κ2) is 11.9. The maximum absolute atomic E-state index is 12.3. The Kier molecular flexibility index (Phi) is 8.12. The van der Waals surface area contributed by atoms with Gasteiger partial charge in [-0.05, 0) is 122 Å². The molecular formula is C45H59ClN2O6. The second-order valence-corrected chi connectivity index (χ2v) is 18.8. The van der Waals surface area contributed by atoms with E-state index in [0.29, 0.717) is 11.5 Å². The smallest absolute Gasteiger partial charge is 0.166 e. The third-order valence-corrected chi connectivity index (χ3v) is 16.2. The largest absolute Gasteiger partial charge is 0.504 e. The predicted molar refractivity (Wildman–Crippen MR) is 211 cm³/mol. The zero-order valence-electron chi connectivity index (χ0n) is 31.1. The van der Waals surface area contributed by atoms with Crippen LogP contribution < -0.4 is 9.47 Å². The SMILES string of the molecule is C.C=C1CC[C@@]2(O)[C@H]3Cc4ccc(O)c5c4[C@@]2(C(C)CN3CC2CC2)[C@H]1O5.C=C1CC[C@@]2(O)[C@H]3Cc4ccc(O)c5c4[C@@]2(C(C)CN3CC2CC2)[C@H]1O5.Cl. The van der Waals surface area contributed by atoms with Crippen LogP contribution in [0.2, 0.25) is 0 Å². The second-order valence-electron chi connectivity index (χ2n) is 18.8. The quantitative estimate of drug-likeness (QED) is 0.260. The summed E-state index contributed by atoms with van der Waals surface area (Å²) in [5, 5.41) is 45.5. The molecule has 2 unspecified atom stereocenters. The minimum Gasteiger partial charge on any atom is -0.504 e. The molecule has 0 aromatic heterocycles. The van der Waals surface area contributed by atoms with E-state index >= 15 is 0 Å². The zero-order valence-corrected chi connectivity index (χ0v) is 32.0. The van der Waals surface area contributed by atoms with Crippen molar-refractivity contribution in [1.29, 1.82) is 0 Å². The van der Waals surface area contributed by atoms with Gasteiger partial charge >= 0.3 is 0 Å². The van der Waals surface area contributed by atoms with Crippen molar-refractivity contribution in [3.63, 3.8) is 0 Å². The maximum atomic E-state index is 12.3. The van der Waals surface area contributed by atoms with Crippen molar-refractivity contribution < 1.29 is 29.9 Å². The van der Waals surface area contributed by atoms with Crippen molar-refractivity contribution in [2.45, 2.75) is 132 Å². The van der Waals surface area contributed by atoms with Crippen LogP contribution in [0.5, 0.6) is 23.0 Å². The lowest BCUT2D eigenvalue weighted by atomic mass is 9.45. The zero-order chi connectivity index (χ0) is 35.7. The Hall–Kier alpha value is -2.75. The van der Waals surface area contributed by atoms with Gasteiger partial charge in [0.15, 0.2) is 23.0 Å². The van der Waals surface area contributed by atoms with E-state index in [4.69, 9.17) is 9.47 Å². The highest BCUT2D eigenvalue weighted by molar-refractivity contribution is 5.85. The topological polar surface area (TPSA) is 106 Å². The Bertz CT molecular complexity index is 1810. The summed E-state index contributed by atoms with van der Waals surface area (Å²) in [7, 11) is 0. The van der Waals surface area contributed by atoms with Crippen LogP contribution in [-0.4, -0.2) is 91.9 Å². The number of rotatable bonds is 4. The molecule has 0 radical (unpaired) electrons. The molecule has 4 saturated carbocycles. The number of aliphatic hydroxyl groups is 2. The summed E-state index contributed by atoms with van der Waals surface area (Å²) >= 11 is 0. The summed E-state index contributed by atoms with van der Waals surface area (Å²) in [5.41, 5.74) is 4.26. The summed E-state index contributed by atoms with van der Waals surface area (Å²) in [4.78, 5) is 5.15. The minimum atomic E-state index is -0.808. The number of nitrogens with zero attached hydrogens (tertiary/aromatic N) is 2. The Morgan fingerprint density at radius 3 is 1.44 bits per heavy atom. The van der Waals surface area contributed by atoms with Crippen LogP contribution in [0.25, 0.3) is 0 Å². The Morgan fingerprint density at radius 2 is 1.07 bits per heavy atom. The molecule has 12 rings (SSSR count). The van der Waals surface area contributed by atoms with E-state index in [0.717, 1.165) is 98.8 Å². The van der Waals surface area contributed by atoms with Crippen LogP contribution >= 0.6 is 12.4 Å². The number of hydrogen-bond acceptors (Lipinski definition) is 8. The van der Waals surface area contributed by atoms with Gasteiger partial charge in [0.1, 0.15) is 12.2 Å². The number of piperidine rings is 2. The lowest BCUT2D eigenvalue weighted by Gasteiger charge is -2.65. The van der Waals surface area contributed by atoms with E-state index in [-0.39, 0.29) is 67.5 Å². The van der Waals surface area contributed by atoms with E-state index in [2.05, 4.69) is 48.9 Å². The fourth-order valence-corrected chi connectivity index (χ4v) is 13.7. The van der Waals surface area contributed by atoms with Gasteiger partial charge in [0, 0.05) is 49.4 Å². The normalized spacial score (nSPS) is 41.6. The first-order valence-corrected chi connectivity index (χ1v) is 20.3. The maximum Gasteiger partial charge on any atom is 0.166 e. The number of ether oxygens (including phenoxy) is 2. The Balaban J connectivity index is 0.000000137. The average molecular weight is 759 g/mol. The Morgan fingerprint density at radius 1 is 0.685 bits per heavy atom. The van der Waals surface area contributed by atoms with Crippen LogP contribution in [0.4, 0.5) is 0 Å². The van der Waals surface area contributed by atoms with Crippen LogP contribution in [-0.2, 0) is 23.7 Å². The van der Waals surface area contributed by atoms with E-state index in [1.807, 2.05) is 0 Å². The molecule has 6 aliphatic carbocycles. The fourth-order valence-electron chi connectivity index (χ4n) is 13.7. The molecule has 2 saturated heterocycles. The average Bonchev–Trinajstić information content (AvgIpc) is 4.04. The molecule has 2 aromatic carbocycles. The van der Waals surface area contributed by atoms with Gasteiger partial charge in [-0.3, -0.25) is 9.80 Å². The third-order valence-electron chi connectivity index (χ3n) is 16.2. The van der Waals surface area contributed by atoms with Crippen molar-refractivity contribution in [3.05, 3.63) is 70.8 Å². The van der Waals surface area contributed by atoms with Gasteiger partial charge in [-0.2, -0.15) is 0 Å². The lowest BCUT2D eigenvalue weighted by molar-refractivity contribution is -0.195. The molecule has 54 heavy (non-hydrogen) atoms.